The molecule has 3 aromatic rings. The predicted molar refractivity (Wildman–Crippen MR) is 163 cm³/mol. The van der Waals surface area contributed by atoms with E-state index in [1.807, 2.05) is 13.8 Å². The van der Waals surface area contributed by atoms with E-state index in [9.17, 15) is 18.0 Å². The summed E-state index contributed by atoms with van der Waals surface area (Å²) in [6.45, 7) is 5.54. The molecule has 0 aliphatic rings. The van der Waals surface area contributed by atoms with Crippen LogP contribution in [-0.2, 0) is 26.2 Å². The Hall–Kier alpha value is -3.27. The van der Waals surface area contributed by atoms with Crippen LogP contribution in [0.5, 0.6) is 5.75 Å². The second-order valence-corrected chi connectivity index (χ2v) is 12.5. The van der Waals surface area contributed by atoms with Gasteiger partial charge in [0.1, 0.15) is 18.3 Å². The molecule has 1 atom stereocenters. The van der Waals surface area contributed by atoms with Crippen LogP contribution < -0.4 is 14.4 Å². The topological polar surface area (TPSA) is 96.0 Å². The summed E-state index contributed by atoms with van der Waals surface area (Å²) >= 11 is 12.5. The van der Waals surface area contributed by atoms with Crippen molar-refractivity contribution in [2.24, 2.45) is 5.92 Å². The molecule has 0 heterocycles. The zero-order valence-corrected chi connectivity index (χ0v) is 25.8. The van der Waals surface area contributed by atoms with Crippen LogP contribution in [0.3, 0.4) is 0 Å². The molecule has 0 spiro atoms. The third kappa shape index (κ3) is 8.15. The van der Waals surface area contributed by atoms with Crippen LogP contribution in [-0.4, -0.2) is 51.4 Å². The number of anilines is 1. The third-order valence-corrected chi connectivity index (χ3v) is 8.75. The van der Waals surface area contributed by atoms with Gasteiger partial charge in [0.15, 0.2) is 0 Å². The lowest BCUT2D eigenvalue weighted by molar-refractivity contribution is -0.140. The van der Waals surface area contributed by atoms with Gasteiger partial charge in [-0.25, -0.2) is 8.42 Å². The molecule has 41 heavy (non-hydrogen) atoms. The summed E-state index contributed by atoms with van der Waals surface area (Å²) in [5.74, 6) is -0.459. The van der Waals surface area contributed by atoms with Gasteiger partial charge >= 0.3 is 0 Å². The number of amides is 2. The highest BCUT2D eigenvalue weighted by Crippen LogP contribution is 2.33. The SMILES string of the molecule is CC[C@@H](C(=O)NCC(C)C)N(Cc1ccc(Cl)cc1Cl)C(=O)CN(c1ccccc1OC)S(=O)(=O)c1ccccc1. The highest BCUT2D eigenvalue weighted by Gasteiger charge is 2.35. The Morgan fingerprint density at radius 1 is 0.976 bits per heavy atom. The van der Waals surface area contributed by atoms with Crippen LogP contribution in [0.4, 0.5) is 5.69 Å². The van der Waals surface area contributed by atoms with Crippen LogP contribution >= 0.6 is 23.2 Å². The number of methoxy groups -OCH3 is 1. The Morgan fingerprint density at radius 3 is 2.24 bits per heavy atom. The average Bonchev–Trinajstić information content (AvgIpc) is 2.96. The number of ether oxygens (including phenoxy) is 1. The van der Waals surface area contributed by atoms with Crippen LogP contribution in [0.25, 0.3) is 0 Å². The standard InChI is InChI=1S/C30H35Cl2N3O5S/c1-5-26(30(37)33-18-21(2)3)34(19-22-15-16-23(31)17-25(22)32)29(36)20-35(27-13-9-10-14-28(27)40-4)41(38,39)24-11-7-6-8-12-24/h6-17,21,26H,5,18-20H2,1-4H3,(H,33,37)/t26-/m0/s1. The molecule has 3 rings (SSSR count). The highest BCUT2D eigenvalue weighted by atomic mass is 35.5. The predicted octanol–water partition coefficient (Wildman–Crippen LogP) is 5.78. The number of carbonyl (C=O) groups is 2. The van der Waals surface area contributed by atoms with Crippen molar-refractivity contribution >= 4 is 50.7 Å². The summed E-state index contributed by atoms with van der Waals surface area (Å²) in [5.41, 5.74) is 0.753. The molecule has 11 heteroatoms. The molecule has 0 unspecified atom stereocenters. The third-order valence-electron chi connectivity index (χ3n) is 6.39. The molecule has 0 saturated heterocycles. The van der Waals surface area contributed by atoms with Gasteiger partial charge in [0.2, 0.25) is 11.8 Å². The smallest absolute Gasteiger partial charge is 0.264 e. The maximum atomic E-state index is 14.2. The monoisotopic (exact) mass is 619 g/mol. The molecule has 0 aliphatic carbocycles. The van der Waals surface area contributed by atoms with Crippen LogP contribution in [0.1, 0.15) is 32.8 Å². The van der Waals surface area contributed by atoms with E-state index >= 15 is 0 Å². The van der Waals surface area contributed by atoms with E-state index in [2.05, 4.69) is 5.32 Å². The summed E-state index contributed by atoms with van der Waals surface area (Å²) < 4.78 is 34.4. The Bertz CT molecular complexity index is 1450. The Labute approximate surface area is 252 Å². The largest absolute Gasteiger partial charge is 0.495 e. The van der Waals surface area contributed by atoms with Crippen molar-refractivity contribution in [3.8, 4) is 5.75 Å². The number of para-hydroxylation sites is 2. The molecule has 0 aliphatic heterocycles. The van der Waals surface area contributed by atoms with Gasteiger partial charge in [-0.05, 0) is 54.3 Å². The van der Waals surface area contributed by atoms with Crippen LogP contribution in [0, 0.1) is 5.92 Å². The van der Waals surface area contributed by atoms with Crippen LogP contribution in [0.2, 0.25) is 10.0 Å². The molecule has 1 N–H and O–H groups in total. The van der Waals surface area contributed by atoms with Crippen molar-refractivity contribution < 1.29 is 22.7 Å². The Balaban J connectivity index is 2.09. The zero-order chi connectivity index (χ0) is 30.2. The van der Waals surface area contributed by atoms with E-state index in [0.29, 0.717) is 28.6 Å². The average molecular weight is 621 g/mol. The number of hydrogen-bond acceptors (Lipinski definition) is 5. The zero-order valence-electron chi connectivity index (χ0n) is 23.5. The Morgan fingerprint density at radius 2 is 1.63 bits per heavy atom. The van der Waals surface area contributed by atoms with Crippen molar-refractivity contribution in [3.05, 3.63) is 88.4 Å². The minimum atomic E-state index is -4.21. The molecule has 0 radical (unpaired) electrons. The molecule has 220 valence electrons. The van der Waals surface area contributed by atoms with Gasteiger partial charge in [-0.1, -0.05) is 80.4 Å². The molecule has 0 fully saturated rings. The molecule has 2 amide bonds. The minimum absolute atomic E-state index is 0.00715. The number of nitrogens with zero attached hydrogens (tertiary/aromatic N) is 2. The van der Waals surface area contributed by atoms with Gasteiger partial charge < -0.3 is 15.0 Å². The van der Waals surface area contributed by atoms with E-state index in [1.54, 1.807) is 67.6 Å². The van der Waals surface area contributed by atoms with Crippen molar-refractivity contribution in [1.29, 1.82) is 0 Å². The van der Waals surface area contributed by atoms with E-state index in [-0.39, 0.29) is 34.7 Å². The normalized spacial score (nSPS) is 12.1. The van der Waals surface area contributed by atoms with E-state index in [4.69, 9.17) is 27.9 Å². The lowest BCUT2D eigenvalue weighted by Gasteiger charge is -2.33. The van der Waals surface area contributed by atoms with Gasteiger partial charge in [0.05, 0.1) is 17.7 Å². The molecule has 0 bridgehead atoms. The fourth-order valence-corrected chi connectivity index (χ4v) is 6.16. The van der Waals surface area contributed by atoms with Crippen molar-refractivity contribution in [1.82, 2.24) is 10.2 Å². The fraction of sp³-hybridized carbons (Fsp3) is 0.333. The summed E-state index contributed by atoms with van der Waals surface area (Å²) in [6, 6.07) is 18.4. The Kier molecular flexibility index (Phi) is 11.5. The number of rotatable bonds is 13. The second kappa shape index (κ2) is 14.6. The molecule has 3 aromatic carbocycles. The summed E-state index contributed by atoms with van der Waals surface area (Å²) in [4.78, 5) is 28.9. The number of hydrogen-bond donors (Lipinski definition) is 1. The first-order valence-corrected chi connectivity index (χ1v) is 15.4. The summed E-state index contributed by atoms with van der Waals surface area (Å²) in [6.07, 6.45) is 0.293. The number of halogens is 2. The van der Waals surface area contributed by atoms with E-state index < -0.39 is 28.5 Å². The van der Waals surface area contributed by atoms with Gasteiger partial charge in [-0.15, -0.1) is 0 Å². The van der Waals surface area contributed by atoms with E-state index in [1.165, 1.54) is 24.1 Å². The van der Waals surface area contributed by atoms with Crippen molar-refractivity contribution in [2.75, 3.05) is 24.5 Å². The minimum Gasteiger partial charge on any atom is -0.495 e. The van der Waals surface area contributed by atoms with Crippen molar-refractivity contribution in [3.63, 3.8) is 0 Å². The molecule has 0 saturated carbocycles. The molecule has 8 nitrogen and oxygen atoms in total. The molecular weight excluding hydrogens is 585 g/mol. The number of benzene rings is 3. The molecular formula is C30H35Cl2N3O5S. The van der Waals surface area contributed by atoms with E-state index in [0.717, 1.165) is 4.31 Å². The van der Waals surface area contributed by atoms with Gasteiger partial charge in [0.25, 0.3) is 10.0 Å². The maximum absolute atomic E-state index is 14.2. The second-order valence-electron chi connectivity index (χ2n) is 9.82. The number of sulfonamides is 1. The summed E-state index contributed by atoms with van der Waals surface area (Å²) in [7, 11) is -2.79. The van der Waals surface area contributed by atoms with Gasteiger partial charge in [-0.2, -0.15) is 0 Å². The first kappa shape index (κ1) is 32.2. The lowest BCUT2D eigenvalue weighted by Crippen LogP contribution is -2.52. The lowest BCUT2D eigenvalue weighted by atomic mass is 10.1. The van der Waals surface area contributed by atoms with Crippen molar-refractivity contribution in [2.45, 2.75) is 44.7 Å². The quantitative estimate of drug-likeness (QED) is 0.262. The molecule has 0 aromatic heterocycles. The van der Waals surface area contributed by atoms with Gasteiger partial charge in [0, 0.05) is 23.1 Å². The fourth-order valence-electron chi connectivity index (χ4n) is 4.24. The van der Waals surface area contributed by atoms with Crippen LogP contribution in [0.15, 0.2) is 77.7 Å². The highest BCUT2D eigenvalue weighted by molar-refractivity contribution is 7.92. The summed E-state index contributed by atoms with van der Waals surface area (Å²) in [5, 5.41) is 3.65. The van der Waals surface area contributed by atoms with Gasteiger partial charge in [-0.3, -0.25) is 13.9 Å². The number of carbonyl (C=O) groups excluding carboxylic acids is 2. The first-order valence-electron chi connectivity index (χ1n) is 13.2. The first-order chi connectivity index (χ1) is 19.5. The maximum Gasteiger partial charge on any atom is 0.264 e. The number of nitrogens with one attached hydrogen (secondary N) is 1.